The van der Waals surface area contributed by atoms with Crippen molar-refractivity contribution in [1.82, 2.24) is 19.8 Å². The Hall–Kier alpha value is -4.56. The summed E-state index contributed by atoms with van der Waals surface area (Å²) in [6, 6.07) is 28.5. The molecule has 3 heterocycles. The zero-order valence-electron chi connectivity index (χ0n) is 22.8. The molecular weight excluding hydrogens is 533 g/mol. The Morgan fingerprint density at radius 1 is 1.00 bits per heavy atom. The summed E-state index contributed by atoms with van der Waals surface area (Å²) < 4.78 is 16.4. The second kappa shape index (κ2) is 11.1. The lowest BCUT2D eigenvalue weighted by atomic mass is 9.96. The van der Waals surface area contributed by atoms with Gasteiger partial charge in [0, 0.05) is 35.9 Å². The van der Waals surface area contributed by atoms with Crippen LogP contribution >= 0.6 is 12.2 Å². The molecule has 1 saturated heterocycles. The molecule has 5 aromatic rings. The minimum absolute atomic E-state index is 0.143. The molecule has 2 aromatic heterocycles. The number of thiocarbonyl (C=S) groups is 1. The molecular formula is C33H30FN5OS. The number of carbonyl (C=O) groups is 1. The number of aromatic nitrogens is 2. The molecule has 2 atom stereocenters. The fourth-order valence-electron chi connectivity index (χ4n) is 5.84. The van der Waals surface area contributed by atoms with Crippen molar-refractivity contribution < 1.29 is 9.18 Å². The number of anilines is 1. The molecule has 1 amide bonds. The Kier molecular flexibility index (Phi) is 7.24. The molecule has 0 saturated carbocycles. The van der Waals surface area contributed by atoms with E-state index < -0.39 is 5.82 Å². The van der Waals surface area contributed by atoms with Gasteiger partial charge in [-0.05, 0) is 73.4 Å². The zero-order chi connectivity index (χ0) is 28.5. The normalized spacial score (nSPS) is 16.7. The quantitative estimate of drug-likeness (QED) is 0.214. The summed E-state index contributed by atoms with van der Waals surface area (Å²) in [7, 11) is 0. The van der Waals surface area contributed by atoms with Crippen molar-refractivity contribution in [3.05, 3.63) is 126 Å². The maximum absolute atomic E-state index is 14.1. The number of hydrogen-bond donors (Lipinski definition) is 2. The number of para-hydroxylation sites is 1. The van der Waals surface area contributed by atoms with E-state index >= 15 is 0 Å². The average Bonchev–Trinajstić information content (AvgIpc) is 3.47. The lowest BCUT2D eigenvalue weighted by Crippen LogP contribution is -2.33. The highest BCUT2D eigenvalue weighted by atomic mass is 32.1. The second-order valence-electron chi connectivity index (χ2n) is 10.3. The Balaban J connectivity index is 1.37. The van der Waals surface area contributed by atoms with Crippen LogP contribution in [-0.2, 0) is 4.79 Å². The summed E-state index contributed by atoms with van der Waals surface area (Å²) in [5.41, 5.74) is 5.45. The van der Waals surface area contributed by atoms with Gasteiger partial charge in [-0.3, -0.25) is 9.78 Å². The van der Waals surface area contributed by atoms with Gasteiger partial charge in [0.2, 0.25) is 5.91 Å². The Morgan fingerprint density at radius 3 is 2.56 bits per heavy atom. The number of nitrogens with zero attached hydrogens (tertiary/aromatic N) is 3. The summed E-state index contributed by atoms with van der Waals surface area (Å²) in [6.45, 7) is 4.60. The van der Waals surface area contributed by atoms with E-state index in [0.717, 1.165) is 28.3 Å². The van der Waals surface area contributed by atoms with Gasteiger partial charge in [-0.2, -0.15) is 0 Å². The van der Waals surface area contributed by atoms with Crippen LogP contribution in [0.5, 0.6) is 0 Å². The predicted octanol–water partition coefficient (Wildman–Crippen LogP) is 6.78. The maximum Gasteiger partial charge on any atom is 0.226 e. The number of halogens is 1. The molecule has 0 bridgehead atoms. The van der Waals surface area contributed by atoms with Gasteiger partial charge in [0.05, 0.1) is 29.2 Å². The van der Waals surface area contributed by atoms with Crippen LogP contribution in [-0.4, -0.2) is 32.0 Å². The predicted molar refractivity (Wildman–Crippen MR) is 165 cm³/mol. The first-order chi connectivity index (χ1) is 19.9. The third-order valence-electron chi connectivity index (χ3n) is 7.72. The van der Waals surface area contributed by atoms with Crippen LogP contribution in [0.4, 0.5) is 10.1 Å². The molecule has 0 spiro atoms. The van der Waals surface area contributed by atoms with Crippen molar-refractivity contribution in [2.45, 2.75) is 32.4 Å². The number of hydrogen-bond acceptors (Lipinski definition) is 3. The molecule has 41 heavy (non-hydrogen) atoms. The van der Waals surface area contributed by atoms with Crippen LogP contribution in [0.3, 0.4) is 0 Å². The van der Waals surface area contributed by atoms with E-state index in [-0.39, 0.29) is 30.1 Å². The van der Waals surface area contributed by atoms with Crippen molar-refractivity contribution in [3.63, 3.8) is 0 Å². The smallest absolute Gasteiger partial charge is 0.226 e. The Bertz CT molecular complexity index is 1750. The largest absolute Gasteiger partial charge is 0.352 e. The molecule has 6 rings (SSSR count). The fourth-order valence-corrected chi connectivity index (χ4v) is 6.17. The van der Waals surface area contributed by atoms with Crippen LogP contribution in [0.2, 0.25) is 0 Å². The third-order valence-corrected chi connectivity index (χ3v) is 8.07. The lowest BCUT2D eigenvalue weighted by Gasteiger charge is -2.28. The van der Waals surface area contributed by atoms with Crippen molar-refractivity contribution in [2.24, 2.45) is 0 Å². The average molecular weight is 564 g/mol. The first-order valence-electron chi connectivity index (χ1n) is 13.6. The van der Waals surface area contributed by atoms with E-state index in [1.807, 2.05) is 18.2 Å². The van der Waals surface area contributed by atoms with Crippen LogP contribution < -0.4 is 10.6 Å². The molecule has 8 heteroatoms. The SMILES string of the molecule is Cc1cc(C2C(c3ccccn3)NC(=S)N2CCC(=O)Nc2ccccc2F)c(C)n1-c1cccc2ccccc12. The Labute approximate surface area is 243 Å². The lowest BCUT2D eigenvalue weighted by molar-refractivity contribution is -0.116. The van der Waals surface area contributed by atoms with E-state index in [1.54, 1.807) is 24.4 Å². The molecule has 1 aliphatic rings. The van der Waals surface area contributed by atoms with Crippen molar-refractivity contribution in [3.8, 4) is 5.69 Å². The standard InChI is InChI=1S/C33H30FN5OS/c1-21-20-25(22(2)39(21)29-16-9-11-23-10-3-4-12-24(23)29)32-31(28-15-7-8-18-35-28)37-33(41)38(32)19-17-30(40)36-27-14-6-5-13-26(27)34/h3-16,18,20,31-32H,17,19H2,1-2H3,(H,36,40)(H,37,41). The molecule has 0 radical (unpaired) electrons. The molecule has 2 N–H and O–H groups in total. The summed E-state index contributed by atoms with van der Waals surface area (Å²) in [5.74, 6) is -0.743. The van der Waals surface area contributed by atoms with Crippen molar-refractivity contribution in [1.29, 1.82) is 0 Å². The minimum atomic E-state index is -0.465. The summed E-state index contributed by atoms with van der Waals surface area (Å²) in [5, 5.41) is 9.06. The highest BCUT2D eigenvalue weighted by molar-refractivity contribution is 7.80. The van der Waals surface area contributed by atoms with Gasteiger partial charge in [0.15, 0.2) is 5.11 Å². The van der Waals surface area contributed by atoms with E-state index in [9.17, 15) is 9.18 Å². The molecule has 2 unspecified atom stereocenters. The van der Waals surface area contributed by atoms with Crippen LogP contribution in [0, 0.1) is 19.7 Å². The van der Waals surface area contributed by atoms with E-state index in [0.29, 0.717) is 11.7 Å². The van der Waals surface area contributed by atoms with E-state index in [4.69, 9.17) is 12.2 Å². The summed E-state index contributed by atoms with van der Waals surface area (Å²) >= 11 is 5.83. The van der Waals surface area contributed by atoms with Gasteiger partial charge in [0.1, 0.15) is 5.82 Å². The first kappa shape index (κ1) is 26.7. The van der Waals surface area contributed by atoms with Crippen LogP contribution in [0.15, 0.2) is 97.2 Å². The van der Waals surface area contributed by atoms with Crippen LogP contribution in [0.25, 0.3) is 16.5 Å². The van der Waals surface area contributed by atoms with Gasteiger partial charge in [-0.25, -0.2) is 4.39 Å². The molecule has 206 valence electrons. The minimum Gasteiger partial charge on any atom is -0.352 e. The number of amides is 1. The number of rotatable bonds is 7. The van der Waals surface area contributed by atoms with Crippen molar-refractivity contribution in [2.75, 3.05) is 11.9 Å². The van der Waals surface area contributed by atoms with Crippen molar-refractivity contribution >= 4 is 39.7 Å². The Morgan fingerprint density at radius 2 is 1.76 bits per heavy atom. The molecule has 0 aliphatic carbocycles. The van der Waals surface area contributed by atoms with Gasteiger partial charge >= 0.3 is 0 Å². The highest BCUT2D eigenvalue weighted by Crippen LogP contribution is 2.42. The molecule has 1 aliphatic heterocycles. The summed E-state index contributed by atoms with van der Waals surface area (Å²) in [4.78, 5) is 19.6. The number of nitrogens with one attached hydrogen (secondary N) is 2. The fraction of sp³-hybridized carbons (Fsp3) is 0.182. The van der Waals surface area contributed by atoms with E-state index in [2.05, 4.69) is 87.5 Å². The first-order valence-corrected chi connectivity index (χ1v) is 14.0. The topological polar surface area (TPSA) is 62.2 Å². The number of pyridine rings is 1. The molecule has 3 aromatic carbocycles. The van der Waals surface area contributed by atoms with Gasteiger partial charge in [0.25, 0.3) is 0 Å². The number of benzene rings is 3. The number of fused-ring (bicyclic) bond motifs is 1. The van der Waals surface area contributed by atoms with Crippen LogP contribution in [0.1, 0.15) is 41.1 Å². The highest BCUT2D eigenvalue weighted by Gasteiger charge is 2.41. The molecule has 6 nitrogen and oxygen atoms in total. The van der Waals surface area contributed by atoms with E-state index in [1.165, 1.54) is 16.8 Å². The summed E-state index contributed by atoms with van der Waals surface area (Å²) in [6.07, 6.45) is 1.92. The monoisotopic (exact) mass is 563 g/mol. The molecule has 1 fully saturated rings. The maximum atomic E-state index is 14.1. The van der Waals surface area contributed by atoms with Gasteiger partial charge in [-0.1, -0.05) is 54.6 Å². The number of carbonyl (C=O) groups excluding carboxylic acids is 1. The second-order valence-corrected chi connectivity index (χ2v) is 10.6. The third kappa shape index (κ3) is 5.07. The van der Waals surface area contributed by atoms with Gasteiger partial charge in [-0.15, -0.1) is 0 Å². The zero-order valence-corrected chi connectivity index (χ0v) is 23.7. The van der Waals surface area contributed by atoms with Gasteiger partial charge < -0.3 is 20.1 Å². The number of aryl methyl sites for hydroxylation is 1.